The highest BCUT2D eigenvalue weighted by Gasteiger charge is 2.07. The summed E-state index contributed by atoms with van der Waals surface area (Å²) in [6.07, 6.45) is 3.07. The average Bonchev–Trinajstić information content (AvgIpc) is 2.25. The Morgan fingerprint density at radius 3 is 2.60 bits per heavy atom. The Morgan fingerprint density at radius 2 is 2.07 bits per heavy atom. The molecule has 0 aliphatic carbocycles. The second kappa shape index (κ2) is 5.42. The lowest BCUT2D eigenvalue weighted by molar-refractivity contribution is 0.400. The summed E-state index contributed by atoms with van der Waals surface area (Å²) in [4.78, 5) is 0. The zero-order valence-corrected chi connectivity index (χ0v) is 10.0. The van der Waals surface area contributed by atoms with E-state index in [0.717, 1.165) is 10.0 Å². The molecule has 0 atom stereocenters. The maximum atomic E-state index is 8.47. The Hall–Kier alpha value is -1.47. The van der Waals surface area contributed by atoms with Crippen molar-refractivity contribution >= 4 is 22.0 Å². The summed E-state index contributed by atoms with van der Waals surface area (Å²) in [5.41, 5.74) is 0.797. The first-order valence-corrected chi connectivity index (χ1v) is 5.00. The third-order valence-electron chi connectivity index (χ3n) is 1.82. The highest BCUT2D eigenvalue weighted by atomic mass is 79.9. The molecule has 78 valence electrons. The van der Waals surface area contributed by atoms with Gasteiger partial charge >= 0.3 is 0 Å². The molecule has 0 spiro atoms. The van der Waals surface area contributed by atoms with Crippen LogP contribution in [0, 0.1) is 11.3 Å². The maximum absolute atomic E-state index is 8.47. The molecule has 0 aliphatic rings. The van der Waals surface area contributed by atoms with Crippen molar-refractivity contribution in [3.05, 3.63) is 28.2 Å². The lowest BCUT2D eigenvalue weighted by Crippen LogP contribution is -1.91. The molecular weight excluding hydrogens is 258 g/mol. The zero-order valence-electron chi connectivity index (χ0n) is 8.45. The van der Waals surface area contributed by atoms with E-state index < -0.39 is 0 Å². The molecule has 1 aromatic carbocycles. The number of benzene rings is 1. The molecule has 1 rings (SSSR count). The quantitative estimate of drug-likeness (QED) is 0.791. The molecule has 4 heteroatoms. The van der Waals surface area contributed by atoms with E-state index >= 15 is 0 Å². The van der Waals surface area contributed by atoms with Gasteiger partial charge in [-0.15, -0.1) is 0 Å². The number of ether oxygens (including phenoxy) is 2. The van der Waals surface area contributed by atoms with Gasteiger partial charge in [0.1, 0.15) is 11.5 Å². The van der Waals surface area contributed by atoms with Gasteiger partial charge < -0.3 is 9.47 Å². The lowest BCUT2D eigenvalue weighted by atomic mass is 10.1. The number of nitrogens with zero attached hydrogens (tertiary/aromatic N) is 1. The van der Waals surface area contributed by atoms with Crippen LogP contribution < -0.4 is 9.47 Å². The fourth-order valence-electron chi connectivity index (χ4n) is 1.17. The van der Waals surface area contributed by atoms with Gasteiger partial charge in [-0.1, -0.05) is 0 Å². The van der Waals surface area contributed by atoms with E-state index in [4.69, 9.17) is 14.7 Å². The smallest absolute Gasteiger partial charge is 0.140 e. The van der Waals surface area contributed by atoms with Crippen molar-refractivity contribution < 1.29 is 9.47 Å². The standard InChI is InChI=1S/C11H10BrNO2/c1-14-9-6-8(4-3-5-13)11(15-2)10(12)7-9/h3-4,6-7H,1-2H3/b4-3+. The van der Waals surface area contributed by atoms with Gasteiger partial charge in [0.05, 0.1) is 24.8 Å². The van der Waals surface area contributed by atoms with Crippen LogP contribution in [0.5, 0.6) is 11.5 Å². The molecule has 1 aromatic rings. The second-order valence-electron chi connectivity index (χ2n) is 2.69. The van der Waals surface area contributed by atoms with Crippen LogP contribution in [0.4, 0.5) is 0 Å². The number of allylic oxidation sites excluding steroid dienone is 1. The molecule has 3 nitrogen and oxygen atoms in total. The minimum atomic E-state index is 0.683. The Kier molecular flexibility index (Phi) is 4.19. The van der Waals surface area contributed by atoms with Crippen LogP contribution in [0.15, 0.2) is 22.7 Å². The number of hydrogen-bond acceptors (Lipinski definition) is 3. The van der Waals surface area contributed by atoms with Gasteiger partial charge in [-0.3, -0.25) is 0 Å². The number of halogens is 1. The van der Waals surface area contributed by atoms with E-state index in [1.807, 2.05) is 12.1 Å². The van der Waals surface area contributed by atoms with Gasteiger partial charge in [0.2, 0.25) is 0 Å². The van der Waals surface area contributed by atoms with Gasteiger partial charge in [-0.25, -0.2) is 0 Å². The van der Waals surface area contributed by atoms with Crippen LogP contribution in [0.1, 0.15) is 5.56 Å². The van der Waals surface area contributed by atoms with E-state index in [9.17, 15) is 0 Å². The number of methoxy groups -OCH3 is 2. The predicted octanol–water partition coefficient (Wildman–Crippen LogP) is 3.00. The Labute approximate surface area is 97.1 Å². The van der Waals surface area contributed by atoms with Crippen molar-refractivity contribution in [3.8, 4) is 17.6 Å². The van der Waals surface area contributed by atoms with Crippen molar-refractivity contribution in [2.24, 2.45) is 0 Å². The third-order valence-corrected chi connectivity index (χ3v) is 2.41. The van der Waals surface area contributed by atoms with Gasteiger partial charge in [0.25, 0.3) is 0 Å². The molecule has 0 radical (unpaired) electrons. The van der Waals surface area contributed by atoms with E-state index in [-0.39, 0.29) is 0 Å². The van der Waals surface area contributed by atoms with Crippen molar-refractivity contribution in [1.82, 2.24) is 0 Å². The molecule has 0 aromatic heterocycles. The first kappa shape index (κ1) is 11.6. The van der Waals surface area contributed by atoms with Crippen LogP contribution in [-0.2, 0) is 0 Å². The molecular formula is C11H10BrNO2. The first-order valence-electron chi connectivity index (χ1n) is 4.20. The molecule has 0 aliphatic heterocycles. The van der Waals surface area contributed by atoms with Gasteiger partial charge in [-0.05, 0) is 34.1 Å². The van der Waals surface area contributed by atoms with E-state index in [1.54, 1.807) is 26.4 Å². The summed E-state index contributed by atoms with van der Waals surface area (Å²) in [6, 6.07) is 5.54. The van der Waals surface area contributed by atoms with E-state index in [0.29, 0.717) is 11.5 Å². The SMILES string of the molecule is COc1cc(Br)c(OC)c(/C=C/C#N)c1. The monoisotopic (exact) mass is 267 g/mol. The van der Waals surface area contributed by atoms with E-state index in [1.165, 1.54) is 6.08 Å². The Balaban J connectivity index is 3.26. The molecule has 0 saturated carbocycles. The van der Waals surface area contributed by atoms with Crippen LogP contribution in [0.25, 0.3) is 6.08 Å². The molecule has 0 bridgehead atoms. The summed E-state index contributed by atoms with van der Waals surface area (Å²) in [7, 11) is 3.17. The normalized spacial score (nSPS) is 10.0. The van der Waals surface area contributed by atoms with Gasteiger partial charge in [0, 0.05) is 11.6 Å². The average molecular weight is 268 g/mol. The highest BCUT2D eigenvalue weighted by Crippen LogP contribution is 2.34. The minimum absolute atomic E-state index is 0.683. The lowest BCUT2D eigenvalue weighted by Gasteiger charge is -2.09. The summed E-state index contributed by atoms with van der Waals surface area (Å²) >= 11 is 3.37. The fourth-order valence-corrected chi connectivity index (χ4v) is 1.79. The number of nitriles is 1. The molecule has 0 fully saturated rings. The Morgan fingerprint density at radius 1 is 1.33 bits per heavy atom. The highest BCUT2D eigenvalue weighted by molar-refractivity contribution is 9.10. The number of rotatable bonds is 3. The second-order valence-corrected chi connectivity index (χ2v) is 3.55. The first-order chi connectivity index (χ1) is 7.22. The van der Waals surface area contributed by atoms with Gasteiger partial charge in [0.15, 0.2) is 0 Å². The zero-order chi connectivity index (χ0) is 11.3. The molecule has 0 saturated heterocycles. The summed E-state index contributed by atoms with van der Waals surface area (Å²) in [6.45, 7) is 0. The summed E-state index contributed by atoms with van der Waals surface area (Å²) < 4.78 is 11.1. The van der Waals surface area contributed by atoms with Crippen LogP contribution in [0.2, 0.25) is 0 Å². The minimum Gasteiger partial charge on any atom is -0.497 e. The largest absolute Gasteiger partial charge is 0.497 e. The van der Waals surface area contributed by atoms with Crippen molar-refractivity contribution in [2.75, 3.05) is 14.2 Å². The Bertz CT molecular complexity index is 421. The van der Waals surface area contributed by atoms with Crippen LogP contribution in [-0.4, -0.2) is 14.2 Å². The van der Waals surface area contributed by atoms with Crippen molar-refractivity contribution in [2.45, 2.75) is 0 Å². The van der Waals surface area contributed by atoms with Crippen LogP contribution >= 0.6 is 15.9 Å². The van der Waals surface area contributed by atoms with Crippen LogP contribution in [0.3, 0.4) is 0 Å². The predicted molar refractivity (Wildman–Crippen MR) is 61.9 cm³/mol. The van der Waals surface area contributed by atoms with Crippen molar-refractivity contribution in [1.29, 1.82) is 5.26 Å². The summed E-state index contributed by atoms with van der Waals surface area (Å²) in [5.74, 6) is 1.39. The topological polar surface area (TPSA) is 42.2 Å². The molecule has 0 heterocycles. The van der Waals surface area contributed by atoms with Crippen molar-refractivity contribution in [3.63, 3.8) is 0 Å². The number of hydrogen-bond donors (Lipinski definition) is 0. The molecule has 0 unspecified atom stereocenters. The molecule has 0 amide bonds. The van der Waals surface area contributed by atoms with E-state index in [2.05, 4.69) is 15.9 Å². The fraction of sp³-hybridized carbons (Fsp3) is 0.182. The van der Waals surface area contributed by atoms with Gasteiger partial charge in [-0.2, -0.15) is 5.26 Å². The molecule has 15 heavy (non-hydrogen) atoms. The molecule has 0 N–H and O–H groups in total. The third kappa shape index (κ3) is 2.74. The summed E-state index contributed by atoms with van der Waals surface area (Å²) in [5, 5.41) is 8.47. The maximum Gasteiger partial charge on any atom is 0.140 e.